The lowest BCUT2D eigenvalue weighted by Gasteiger charge is -2.58. The summed E-state index contributed by atoms with van der Waals surface area (Å²) in [5.41, 5.74) is 1.24. The van der Waals surface area contributed by atoms with Gasteiger partial charge in [-0.05, 0) is 61.7 Å². The zero-order chi connectivity index (χ0) is 21.6. The van der Waals surface area contributed by atoms with Crippen LogP contribution in [0.25, 0.3) is 0 Å². The molecule has 1 fully saturated rings. The van der Waals surface area contributed by atoms with E-state index in [1.165, 1.54) is 5.57 Å². The van der Waals surface area contributed by atoms with Crippen molar-refractivity contribution in [3.8, 4) is 0 Å². The fraction of sp³-hybridized carbons (Fsp3) is 0.609. The number of Topliss-reactive ketones (excluding diaryl/α,β-unsaturated/α-hetero) is 1. The van der Waals surface area contributed by atoms with Crippen molar-refractivity contribution in [3.63, 3.8) is 0 Å². The maximum Gasteiger partial charge on any atom is 0.322 e. The van der Waals surface area contributed by atoms with Crippen LogP contribution < -0.4 is 5.32 Å². The highest BCUT2D eigenvalue weighted by molar-refractivity contribution is 6.21. The Hall–Kier alpha value is -2.37. The molecule has 0 heterocycles. The van der Waals surface area contributed by atoms with Gasteiger partial charge in [-0.1, -0.05) is 32.4 Å². The normalized spacial score (nSPS) is 35.0. The second-order valence-electron chi connectivity index (χ2n) is 9.38. The minimum atomic E-state index is -1.13. The predicted molar refractivity (Wildman–Crippen MR) is 109 cm³/mol. The topological polar surface area (TPSA) is 104 Å². The van der Waals surface area contributed by atoms with Gasteiger partial charge in [0.05, 0.1) is 5.70 Å². The molecule has 3 aliphatic rings. The molecule has 0 aromatic heterocycles. The molecule has 3 rings (SSSR count). The van der Waals surface area contributed by atoms with Gasteiger partial charge in [-0.25, -0.2) is 0 Å². The maximum atomic E-state index is 13.0. The Morgan fingerprint density at radius 3 is 2.62 bits per heavy atom. The van der Waals surface area contributed by atoms with E-state index in [9.17, 15) is 19.5 Å². The Bertz CT molecular complexity index is 851. The number of ketones is 2. The first-order valence-electron chi connectivity index (χ1n) is 10.4. The minimum absolute atomic E-state index is 0.0532. The standard InChI is InChI=1S/C23H31NO5/c1-13-6-5-7-18-22(13,3)9-8-14(2)23(18,4)11-15-20(28)16(24-12-19(26)27)10-17(25)21(15)29/h6,10,14,18,24,29H,5,7-9,11-12H2,1-4H3,(H,26,27). The largest absolute Gasteiger partial charge is 0.504 e. The molecule has 0 bridgehead atoms. The van der Waals surface area contributed by atoms with Gasteiger partial charge in [-0.3, -0.25) is 14.4 Å². The highest BCUT2D eigenvalue weighted by Crippen LogP contribution is 2.62. The fourth-order valence-electron chi connectivity index (χ4n) is 5.74. The Morgan fingerprint density at radius 2 is 1.97 bits per heavy atom. The van der Waals surface area contributed by atoms with Gasteiger partial charge in [0, 0.05) is 11.6 Å². The van der Waals surface area contributed by atoms with E-state index in [1.54, 1.807) is 0 Å². The van der Waals surface area contributed by atoms with Crippen molar-refractivity contribution in [2.75, 3.05) is 6.54 Å². The summed E-state index contributed by atoms with van der Waals surface area (Å²) in [6, 6.07) is 0. The molecule has 0 saturated heterocycles. The van der Waals surface area contributed by atoms with Crippen molar-refractivity contribution >= 4 is 17.5 Å². The average Bonchev–Trinajstić information content (AvgIpc) is 2.66. The fourth-order valence-corrected chi connectivity index (χ4v) is 5.74. The van der Waals surface area contributed by atoms with Crippen LogP contribution in [0.2, 0.25) is 0 Å². The molecule has 0 spiro atoms. The Labute approximate surface area is 171 Å². The van der Waals surface area contributed by atoms with E-state index >= 15 is 0 Å². The number of carbonyl (C=O) groups excluding carboxylic acids is 2. The van der Waals surface area contributed by atoms with Gasteiger partial charge in [0.15, 0.2) is 5.76 Å². The molecule has 158 valence electrons. The van der Waals surface area contributed by atoms with Gasteiger partial charge in [0.2, 0.25) is 11.6 Å². The lowest BCUT2D eigenvalue weighted by atomic mass is 9.46. The summed E-state index contributed by atoms with van der Waals surface area (Å²) in [4.78, 5) is 36.2. The van der Waals surface area contributed by atoms with E-state index in [0.29, 0.717) is 18.3 Å². The van der Waals surface area contributed by atoms with Crippen LogP contribution in [0, 0.1) is 22.7 Å². The third kappa shape index (κ3) is 3.53. The third-order valence-electron chi connectivity index (χ3n) is 7.90. The van der Waals surface area contributed by atoms with Crippen LogP contribution in [-0.2, 0) is 14.4 Å². The summed E-state index contributed by atoms with van der Waals surface area (Å²) in [5, 5.41) is 21.9. The second-order valence-corrected chi connectivity index (χ2v) is 9.38. The third-order valence-corrected chi connectivity index (χ3v) is 7.90. The molecule has 3 N–H and O–H groups in total. The monoisotopic (exact) mass is 401 g/mol. The summed E-state index contributed by atoms with van der Waals surface area (Å²) < 4.78 is 0. The predicted octanol–water partition coefficient (Wildman–Crippen LogP) is 3.70. The number of aliphatic hydroxyl groups excluding tert-OH is 1. The number of aliphatic carboxylic acids is 1. The number of hydrogen-bond donors (Lipinski definition) is 3. The Morgan fingerprint density at radius 1 is 1.28 bits per heavy atom. The van der Waals surface area contributed by atoms with E-state index in [2.05, 4.69) is 39.1 Å². The number of nitrogens with one attached hydrogen (secondary N) is 1. The quantitative estimate of drug-likeness (QED) is 0.479. The second kappa shape index (κ2) is 7.47. The number of allylic oxidation sites excluding steroid dienone is 4. The van der Waals surface area contributed by atoms with Crippen LogP contribution in [0.3, 0.4) is 0 Å². The van der Waals surface area contributed by atoms with Gasteiger partial charge < -0.3 is 15.5 Å². The summed E-state index contributed by atoms with van der Waals surface area (Å²) >= 11 is 0. The number of fused-ring (bicyclic) bond motifs is 1. The van der Waals surface area contributed by atoms with Gasteiger partial charge in [0.1, 0.15) is 6.54 Å². The van der Waals surface area contributed by atoms with Gasteiger partial charge in [0.25, 0.3) is 0 Å². The van der Waals surface area contributed by atoms with Crippen LogP contribution in [0.5, 0.6) is 0 Å². The lowest BCUT2D eigenvalue weighted by molar-refractivity contribution is -0.135. The zero-order valence-electron chi connectivity index (χ0n) is 17.7. The van der Waals surface area contributed by atoms with Crippen molar-refractivity contribution in [1.82, 2.24) is 5.32 Å². The van der Waals surface area contributed by atoms with E-state index in [-0.39, 0.29) is 22.1 Å². The number of rotatable bonds is 5. The highest BCUT2D eigenvalue weighted by Gasteiger charge is 2.54. The summed E-state index contributed by atoms with van der Waals surface area (Å²) in [6.07, 6.45) is 7.75. The van der Waals surface area contributed by atoms with Crippen molar-refractivity contribution in [2.45, 2.75) is 59.8 Å². The molecular weight excluding hydrogens is 370 g/mol. The number of hydrogen-bond acceptors (Lipinski definition) is 5. The molecule has 0 aromatic rings. The molecule has 0 aliphatic heterocycles. The van der Waals surface area contributed by atoms with Gasteiger partial charge >= 0.3 is 5.97 Å². The molecule has 3 aliphatic carbocycles. The molecule has 0 amide bonds. The van der Waals surface area contributed by atoms with Crippen LogP contribution in [-0.4, -0.2) is 34.3 Å². The SMILES string of the molecule is CC1=CCCC2C1(C)CCC(C)C2(C)CC1=C(O)C(=O)C=C(NCC(=O)O)C1=O. The molecular formula is C23H31NO5. The number of carboxylic acids is 1. The van der Waals surface area contributed by atoms with Crippen molar-refractivity contribution in [1.29, 1.82) is 0 Å². The average molecular weight is 402 g/mol. The zero-order valence-corrected chi connectivity index (χ0v) is 17.7. The Kier molecular flexibility index (Phi) is 5.50. The van der Waals surface area contributed by atoms with Gasteiger partial charge in [-0.2, -0.15) is 0 Å². The molecule has 4 unspecified atom stereocenters. The smallest absolute Gasteiger partial charge is 0.322 e. The first-order valence-corrected chi connectivity index (χ1v) is 10.4. The molecule has 29 heavy (non-hydrogen) atoms. The molecule has 0 aromatic carbocycles. The minimum Gasteiger partial charge on any atom is -0.504 e. The first-order chi connectivity index (χ1) is 13.5. The van der Waals surface area contributed by atoms with E-state index < -0.39 is 29.8 Å². The van der Waals surface area contributed by atoms with Crippen molar-refractivity contribution in [2.24, 2.45) is 22.7 Å². The first kappa shape index (κ1) is 21.3. The summed E-state index contributed by atoms with van der Waals surface area (Å²) in [7, 11) is 0. The van der Waals surface area contributed by atoms with Gasteiger partial charge in [-0.15, -0.1) is 0 Å². The van der Waals surface area contributed by atoms with Crippen LogP contribution >= 0.6 is 0 Å². The maximum absolute atomic E-state index is 13.0. The number of carbonyl (C=O) groups is 3. The number of aliphatic hydroxyl groups is 1. The van der Waals surface area contributed by atoms with Crippen LogP contribution in [0.4, 0.5) is 0 Å². The lowest BCUT2D eigenvalue weighted by Crippen LogP contribution is -2.50. The molecule has 6 heteroatoms. The molecule has 0 radical (unpaired) electrons. The number of carboxylic acid groups (broad SMARTS) is 1. The van der Waals surface area contributed by atoms with Crippen LogP contribution in [0.1, 0.15) is 59.8 Å². The highest BCUT2D eigenvalue weighted by atomic mass is 16.4. The van der Waals surface area contributed by atoms with Crippen LogP contribution in [0.15, 0.2) is 34.8 Å². The molecule has 6 nitrogen and oxygen atoms in total. The van der Waals surface area contributed by atoms with E-state index in [1.807, 2.05) is 0 Å². The Balaban J connectivity index is 1.95. The van der Waals surface area contributed by atoms with Crippen molar-refractivity contribution in [3.05, 3.63) is 34.8 Å². The summed E-state index contributed by atoms with van der Waals surface area (Å²) in [6.45, 7) is 8.40. The summed E-state index contributed by atoms with van der Waals surface area (Å²) in [5.74, 6) is -2.09. The van der Waals surface area contributed by atoms with Crippen molar-refractivity contribution < 1.29 is 24.6 Å². The van der Waals surface area contributed by atoms with E-state index in [0.717, 1.165) is 31.8 Å². The molecule has 4 atom stereocenters. The van der Waals surface area contributed by atoms with E-state index in [4.69, 9.17) is 5.11 Å². The molecule has 1 saturated carbocycles.